The Labute approximate surface area is 180 Å². The maximum absolute atomic E-state index is 5.60. The number of rotatable bonds is 6. The minimum Gasteiger partial charge on any atom is -0.497 e. The zero-order valence-corrected chi connectivity index (χ0v) is 17.7. The number of fused-ring (bicyclic) bond motifs is 2. The summed E-state index contributed by atoms with van der Waals surface area (Å²) >= 11 is 5.31. The number of benzene rings is 1. The second-order valence-electron chi connectivity index (χ2n) is 7.48. The maximum atomic E-state index is 5.60. The van der Waals surface area contributed by atoms with Crippen LogP contribution in [0, 0.1) is 0 Å². The number of nitrogens with one attached hydrogen (secondary N) is 1. The molecule has 0 spiro atoms. The molecule has 154 valence electrons. The summed E-state index contributed by atoms with van der Waals surface area (Å²) in [7, 11) is 1.70. The summed E-state index contributed by atoms with van der Waals surface area (Å²) in [6.45, 7) is 3.26. The van der Waals surface area contributed by atoms with Gasteiger partial charge in [0, 0.05) is 36.5 Å². The molecule has 1 atom stereocenters. The van der Waals surface area contributed by atoms with Gasteiger partial charge in [-0.1, -0.05) is 12.2 Å². The van der Waals surface area contributed by atoms with Crippen molar-refractivity contribution in [2.24, 2.45) is 0 Å². The molecule has 1 fully saturated rings. The molecule has 1 N–H and O–H groups in total. The van der Waals surface area contributed by atoms with Gasteiger partial charge in [0.2, 0.25) is 0 Å². The van der Waals surface area contributed by atoms with Crippen LogP contribution >= 0.6 is 12.2 Å². The topological polar surface area (TPSA) is 55.3 Å². The van der Waals surface area contributed by atoms with E-state index in [-0.39, 0.29) is 6.17 Å². The van der Waals surface area contributed by atoms with E-state index in [0.717, 1.165) is 71.8 Å². The maximum Gasteiger partial charge on any atom is 0.137 e. The van der Waals surface area contributed by atoms with Crippen LogP contribution in [-0.4, -0.2) is 58.2 Å². The first kappa shape index (κ1) is 19.2. The van der Waals surface area contributed by atoms with Gasteiger partial charge in [0.05, 0.1) is 43.4 Å². The highest BCUT2D eigenvalue weighted by Crippen LogP contribution is 2.36. The lowest BCUT2D eigenvalue weighted by atomic mass is 10.2. The third-order valence-electron chi connectivity index (χ3n) is 5.79. The summed E-state index contributed by atoms with van der Waals surface area (Å²) in [5.41, 5.74) is 4.21. The highest BCUT2D eigenvalue weighted by atomic mass is 32.1. The quantitative estimate of drug-likeness (QED) is 0.468. The van der Waals surface area contributed by atoms with Crippen LogP contribution in [0.2, 0.25) is 0 Å². The van der Waals surface area contributed by atoms with E-state index in [1.807, 2.05) is 23.7 Å². The van der Waals surface area contributed by atoms with Crippen molar-refractivity contribution in [3.05, 3.63) is 48.7 Å². The van der Waals surface area contributed by atoms with E-state index in [0.29, 0.717) is 0 Å². The fourth-order valence-corrected chi connectivity index (χ4v) is 4.52. The molecule has 1 unspecified atom stereocenters. The molecule has 0 radical (unpaired) electrons. The van der Waals surface area contributed by atoms with Crippen LogP contribution in [0.4, 0.5) is 0 Å². The molecule has 1 aliphatic heterocycles. The zero-order valence-electron chi connectivity index (χ0n) is 16.9. The highest BCUT2D eigenvalue weighted by Gasteiger charge is 2.26. The van der Waals surface area contributed by atoms with Gasteiger partial charge in [-0.2, -0.15) is 0 Å². The molecule has 0 saturated carbocycles. The number of aromatic amines is 1. The zero-order chi connectivity index (χ0) is 20.5. The third kappa shape index (κ3) is 3.39. The number of morpholine rings is 1. The third-order valence-corrected chi connectivity index (χ3v) is 5.98. The SMILES string of the molecule is COc1ccc2c(c1)cc(-c1cc3cccnc3[nH]1)n2C(CC=S)N1CCOCC1. The predicted octanol–water partition coefficient (Wildman–Crippen LogP) is 4.41. The van der Waals surface area contributed by atoms with E-state index >= 15 is 0 Å². The Bertz CT molecular complexity index is 1160. The number of methoxy groups -OCH3 is 1. The van der Waals surface area contributed by atoms with E-state index in [9.17, 15) is 0 Å². The normalized spacial score (nSPS) is 16.2. The fraction of sp³-hybridized carbons (Fsp3) is 0.304. The molecule has 0 amide bonds. The van der Waals surface area contributed by atoms with Gasteiger partial charge in [0.1, 0.15) is 11.4 Å². The van der Waals surface area contributed by atoms with E-state index in [4.69, 9.17) is 21.7 Å². The lowest BCUT2D eigenvalue weighted by molar-refractivity contribution is 0.00235. The molecule has 4 heterocycles. The molecule has 7 heteroatoms. The monoisotopic (exact) mass is 420 g/mol. The average Bonchev–Trinajstić information content (AvgIpc) is 3.39. The molecule has 6 nitrogen and oxygen atoms in total. The van der Waals surface area contributed by atoms with Gasteiger partial charge in [-0.15, -0.1) is 0 Å². The predicted molar refractivity (Wildman–Crippen MR) is 123 cm³/mol. The van der Waals surface area contributed by atoms with Crippen LogP contribution < -0.4 is 4.74 Å². The smallest absolute Gasteiger partial charge is 0.137 e. The molecule has 1 aliphatic rings. The highest BCUT2D eigenvalue weighted by molar-refractivity contribution is 7.78. The van der Waals surface area contributed by atoms with Crippen molar-refractivity contribution in [1.82, 2.24) is 19.4 Å². The Balaban J connectivity index is 1.72. The van der Waals surface area contributed by atoms with E-state index in [1.165, 1.54) is 0 Å². The van der Waals surface area contributed by atoms with Crippen LogP contribution in [0.1, 0.15) is 12.6 Å². The van der Waals surface area contributed by atoms with Gasteiger partial charge in [-0.05, 0) is 47.8 Å². The van der Waals surface area contributed by atoms with Crippen LogP contribution in [0.25, 0.3) is 33.3 Å². The summed E-state index contributed by atoms with van der Waals surface area (Å²) in [5, 5.41) is 4.07. The average molecular weight is 421 g/mol. The number of ether oxygens (including phenoxy) is 2. The van der Waals surface area contributed by atoms with Gasteiger partial charge in [-0.3, -0.25) is 4.90 Å². The number of nitrogens with zero attached hydrogens (tertiary/aromatic N) is 3. The molecule has 1 aromatic carbocycles. The van der Waals surface area contributed by atoms with Gasteiger partial charge >= 0.3 is 0 Å². The number of hydrogen-bond acceptors (Lipinski definition) is 5. The molecule has 0 aliphatic carbocycles. The van der Waals surface area contributed by atoms with Gasteiger partial charge < -0.3 is 19.0 Å². The van der Waals surface area contributed by atoms with Gasteiger partial charge in [0.25, 0.3) is 0 Å². The van der Waals surface area contributed by atoms with Gasteiger partial charge in [-0.25, -0.2) is 4.98 Å². The number of aromatic nitrogens is 3. The largest absolute Gasteiger partial charge is 0.497 e. The van der Waals surface area contributed by atoms with Crippen molar-refractivity contribution in [3.8, 4) is 17.1 Å². The first-order chi connectivity index (χ1) is 14.8. The van der Waals surface area contributed by atoms with E-state index in [2.05, 4.69) is 49.8 Å². The summed E-state index contributed by atoms with van der Waals surface area (Å²) < 4.78 is 13.5. The Morgan fingerprint density at radius 1 is 1.20 bits per heavy atom. The lowest BCUT2D eigenvalue weighted by Crippen LogP contribution is -2.41. The molecular weight excluding hydrogens is 396 g/mol. The number of thiocarbonyl (C=S) groups is 1. The van der Waals surface area contributed by atoms with Crippen molar-refractivity contribution < 1.29 is 9.47 Å². The Morgan fingerprint density at radius 3 is 2.83 bits per heavy atom. The number of hydrogen-bond donors (Lipinski definition) is 1. The van der Waals surface area contributed by atoms with Crippen LogP contribution in [-0.2, 0) is 4.74 Å². The molecule has 4 aromatic rings. The van der Waals surface area contributed by atoms with Crippen molar-refractivity contribution >= 4 is 39.5 Å². The van der Waals surface area contributed by atoms with Crippen LogP contribution in [0.3, 0.4) is 0 Å². The second kappa shape index (κ2) is 8.18. The number of pyridine rings is 1. The minimum atomic E-state index is 0.117. The number of H-pyrrole nitrogens is 1. The Hall–Kier alpha value is -2.74. The van der Waals surface area contributed by atoms with Crippen LogP contribution in [0.15, 0.2) is 48.7 Å². The Morgan fingerprint density at radius 2 is 2.07 bits per heavy atom. The van der Waals surface area contributed by atoms with Crippen LogP contribution in [0.5, 0.6) is 5.75 Å². The molecular formula is C23H24N4O2S. The first-order valence-electron chi connectivity index (χ1n) is 10.2. The summed E-state index contributed by atoms with van der Waals surface area (Å²) in [6, 6.07) is 14.7. The van der Waals surface area contributed by atoms with E-state index < -0.39 is 0 Å². The van der Waals surface area contributed by atoms with Crippen molar-refractivity contribution in [2.75, 3.05) is 33.4 Å². The fourth-order valence-electron chi connectivity index (χ4n) is 4.34. The van der Waals surface area contributed by atoms with Gasteiger partial charge in [0.15, 0.2) is 0 Å². The summed E-state index contributed by atoms with van der Waals surface area (Å²) in [6.07, 6.45) is 2.70. The summed E-state index contributed by atoms with van der Waals surface area (Å²) in [4.78, 5) is 10.4. The second-order valence-corrected chi connectivity index (χ2v) is 7.81. The van der Waals surface area contributed by atoms with Crippen molar-refractivity contribution in [3.63, 3.8) is 0 Å². The Kier molecular flexibility index (Phi) is 5.25. The minimum absolute atomic E-state index is 0.117. The molecule has 30 heavy (non-hydrogen) atoms. The summed E-state index contributed by atoms with van der Waals surface area (Å²) in [5.74, 6) is 0.849. The van der Waals surface area contributed by atoms with Crippen molar-refractivity contribution in [1.29, 1.82) is 0 Å². The standard InChI is InChI=1S/C23H24N4O2S/c1-28-18-4-5-20-17(13-18)15-21(19-14-16-3-2-7-24-23(16)25-19)27(20)22(6-12-30)26-8-10-29-11-9-26/h2-5,7,12-15,22H,6,8-11H2,1H3,(H,24,25). The molecule has 0 bridgehead atoms. The molecule has 1 saturated heterocycles. The van der Waals surface area contributed by atoms with E-state index in [1.54, 1.807) is 7.11 Å². The first-order valence-corrected chi connectivity index (χ1v) is 10.6. The lowest BCUT2D eigenvalue weighted by Gasteiger charge is -2.36. The molecule has 3 aromatic heterocycles. The van der Waals surface area contributed by atoms with Crippen molar-refractivity contribution in [2.45, 2.75) is 12.6 Å². The molecule has 5 rings (SSSR count).